The van der Waals surface area contributed by atoms with Crippen molar-refractivity contribution in [1.82, 2.24) is 28.7 Å². The fraction of sp³-hybridized carbons (Fsp3) is 0. The Bertz CT molecular complexity index is 2590. The van der Waals surface area contributed by atoms with E-state index in [9.17, 15) is 0 Å². The molecule has 0 N–H and O–H groups in total. The van der Waals surface area contributed by atoms with Crippen molar-refractivity contribution in [3.8, 4) is 11.5 Å². The first kappa shape index (κ1) is 22.6. The van der Waals surface area contributed by atoms with Crippen LogP contribution < -0.4 is 4.74 Å². The van der Waals surface area contributed by atoms with E-state index in [0.29, 0.717) is 0 Å². The van der Waals surface area contributed by atoms with Crippen molar-refractivity contribution in [2.75, 3.05) is 0 Å². The minimum atomic E-state index is 0.722. The van der Waals surface area contributed by atoms with Crippen molar-refractivity contribution >= 4 is 77.0 Å². The zero-order valence-corrected chi connectivity index (χ0v) is 22.6. The summed E-state index contributed by atoms with van der Waals surface area (Å²) < 4.78 is 10.9. The molecule has 0 aliphatic rings. The Balaban J connectivity index is 1.20. The number of benzene rings is 4. The van der Waals surface area contributed by atoms with Crippen LogP contribution in [0.25, 0.3) is 77.0 Å². The van der Waals surface area contributed by atoms with Gasteiger partial charge in [-0.2, -0.15) is 0 Å². The lowest BCUT2D eigenvalue weighted by Gasteiger charge is -2.12. The van der Waals surface area contributed by atoms with E-state index in [1.165, 1.54) is 0 Å². The molecule has 0 aliphatic heterocycles. The topological polar surface area (TPSA) is 69.6 Å². The van der Waals surface area contributed by atoms with E-state index in [-0.39, 0.29) is 0 Å². The minimum Gasteiger partial charge on any atom is -0.457 e. The molecule has 6 aromatic heterocycles. The number of ether oxygens (including phenoxy) is 1. The molecule has 7 heteroatoms. The third-order valence-electron chi connectivity index (χ3n) is 8.39. The normalized spacial score (nSPS) is 12.2. The van der Waals surface area contributed by atoms with Gasteiger partial charge in [-0.25, -0.2) is 9.97 Å². The van der Waals surface area contributed by atoms with E-state index in [0.717, 1.165) is 88.5 Å². The minimum absolute atomic E-state index is 0.722. The molecule has 200 valence electrons. The van der Waals surface area contributed by atoms with E-state index >= 15 is 0 Å². The van der Waals surface area contributed by atoms with Gasteiger partial charge in [0, 0.05) is 33.9 Å². The Morgan fingerprint density at radius 3 is 1.42 bits per heavy atom. The lowest BCUT2D eigenvalue weighted by molar-refractivity contribution is 0.484. The van der Waals surface area contributed by atoms with Gasteiger partial charge < -0.3 is 4.74 Å². The molecular weight excluding hydrogens is 532 g/mol. The maximum absolute atomic E-state index is 6.55. The van der Waals surface area contributed by atoms with Crippen LogP contribution in [0, 0.1) is 0 Å². The summed E-state index contributed by atoms with van der Waals surface area (Å²) in [6.07, 6.45) is 3.68. The number of hydrogen-bond acceptors (Lipinski definition) is 5. The highest BCUT2D eigenvalue weighted by molar-refractivity contribution is 6.14. The number of aromatic nitrogens is 6. The summed E-state index contributed by atoms with van der Waals surface area (Å²) in [5.41, 5.74) is 9.66. The molecular formula is C36H20N6O. The van der Waals surface area contributed by atoms with Crippen LogP contribution in [0.3, 0.4) is 0 Å². The monoisotopic (exact) mass is 552 g/mol. The Labute approximate surface area is 243 Å². The molecule has 6 heterocycles. The average Bonchev–Trinajstić information content (AvgIpc) is 3.65. The maximum Gasteiger partial charge on any atom is 0.146 e. The number of rotatable bonds is 2. The first-order valence-electron chi connectivity index (χ1n) is 14.1. The van der Waals surface area contributed by atoms with Gasteiger partial charge in [0.1, 0.15) is 22.8 Å². The summed E-state index contributed by atoms with van der Waals surface area (Å²) in [5, 5.41) is 4.04. The van der Waals surface area contributed by atoms with Crippen molar-refractivity contribution in [3.63, 3.8) is 0 Å². The van der Waals surface area contributed by atoms with Gasteiger partial charge in [0.25, 0.3) is 0 Å². The third kappa shape index (κ3) is 3.08. The molecule has 0 spiro atoms. The summed E-state index contributed by atoms with van der Waals surface area (Å²) in [6.45, 7) is 0. The number of nitrogens with zero attached hydrogens (tertiary/aromatic N) is 6. The molecule has 0 radical (unpaired) electrons. The first-order valence-corrected chi connectivity index (χ1v) is 14.1. The van der Waals surface area contributed by atoms with E-state index < -0.39 is 0 Å². The van der Waals surface area contributed by atoms with Crippen LogP contribution >= 0.6 is 0 Å². The van der Waals surface area contributed by atoms with E-state index in [1.807, 2.05) is 73.1 Å². The number of para-hydroxylation sites is 4. The van der Waals surface area contributed by atoms with E-state index in [4.69, 9.17) is 24.7 Å². The van der Waals surface area contributed by atoms with Crippen LogP contribution in [0.2, 0.25) is 0 Å². The average molecular weight is 553 g/mol. The lowest BCUT2D eigenvalue weighted by atomic mass is 10.1. The summed E-state index contributed by atoms with van der Waals surface area (Å²) in [5.74, 6) is 1.44. The molecule has 4 aromatic carbocycles. The number of hydrogen-bond donors (Lipinski definition) is 0. The zero-order chi connectivity index (χ0) is 28.1. The van der Waals surface area contributed by atoms with Crippen molar-refractivity contribution in [2.24, 2.45) is 0 Å². The maximum atomic E-state index is 6.55. The summed E-state index contributed by atoms with van der Waals surface area (Å²) in [6, 6.07) is 36.8. The van der Waals surface area contributed by atoms with Crippen molar-refractivity contribution in [2.45, 2.75) is 0 Å². The standard InChI is InChI=1S/C36H20N6O/c1-3-9-29-27(7-1)39-35-25-19-21(13-15-23(25)33-31(41(29)35)11-5-17-37-33)43-22-14-16-24-26(20-22)36-40-28-8-2-4-10-30(28)42(36)32-12-6-18-38-34(24)32/h1-20H. The van der Waals surface area contributed by atoms with E-state index in [1.54, 1.807) is 0 Å². The quantitative estimate of drug-likeness (QED) is 0.201. The van der Waals surface area contributed by atoms with Gasteiger partial charge in [-0.1, -0.05) is 24.3 Å². The number of fused-ring (bicyclic) bond motifs is 16. The molecule has 43 heavy (non-hydrogen) atoms. The molecule has 10 aromatic rings. The predicted molar refractivity (Wildman–Crippen MR) is 171 cm³/mol. The molecule has 0 bridgehead atoms. The SMILES string of the molecule is c1ccc2c(c1)nc1c3cc(Oc4ccc5c(c4)c4nc6ccccc6n4c4cccnc54)ccc3c3ncccc3n21. The largest absolute Gasteiger partial charge is 0.457 e. The lowest BCUT2D eigenvalue weighted by Crippen LogP contribution is -1.95. The van der Waals surface area contributed by atoms with Gasteiger partial charge in [0.2, 0.25) is 0 Å². The molecule has 0 saturated heterocycles. The van der Waals surface area contributed by atoms with Crippen LogP contribution in [-0.2, 0) is 0 Å². The van der Waals surface area contributed by atoms with Gasteiger partial charge in [-0.05, 0) is 84.9 Å². The Hall–Kier alpha value is -6.08. The van der Waals surface area contributed by atoms with Gasteiger partial charge in [0.15, 0.2) is 0 Å². The molecule has 7 nitrogen and oxygen atoms in total. The second-order valence-electron chi connectivity index (χ2n) is 10.8. The third-order valence-corrected chi connectivity index (χ3v) is 8.39. The Kier molecular flexibility index (Phi) is 4.33. The van der Waals surface area contributed by atoms with Gasteiger partial charge in [0.05, 0.1) is 44.1 Å². The second kappa shape index (κ2) is 8.24. The Morgan fingerprint density at radius 2 is 0.907 bits per heavy atom. The van der Waals surface area contributed by atoms with Crippen LogP contribution in [-0.4, -0.2) is 28.7 Å². The number of pyridine rings is 4. The molecule has 0 aliphatic carbocycles. The fourth-order valence-corrected chi connectivity index (χ4v) is 6.56. The van der Waals surface area contributed by atoms with Gasteiger partial charge >= 0.3 is 0 Å². The highest BCUT2D eigenvalue weighted by Gasteiger charge is 2.17. The smallest absolute Gasteiger partial charge is 0.146 e. The highest BCUT2D eigenvalue weighted by atomic mass is 16.5. The first-order chi connectivity index (χ1) is 21.3. The molecule has 10 rings (SSSR count). The molecule has 0 fully saturated rings. The Morgan fingerprint density at radius 1 is 0.442 bits per heavy atom. The zero-order valence-electron chi connectivity index (χ0n) is 22.6. The van der Waals surface area contributed by atoms with Crippen LogP contribution in [0.4, 0.5) is 0 Å². The molecule has 0 amide bonds. The molecule has 0 unspecified atom stereocenters. The summed E-state index contributed by atoms with van der Waals surface area (Å²) in [7, 11) is 0. The van der Waals surface area contributed by atoms with Crippen LogP contribution in [0.5, 0.6) is 11.5 Å². The van der Waals surface area contributed by atoms with Crippen molar-refractivity contribution in [1.29, 1.82) is 0 Å². The molecule has 0 saturated carbocycles. The predicted octanol–water partition coefficient (Wildman–Crippen LogP) is 8.48. The summed E-state index contributed by atoms with van der Waals surface area (Å²) >= 11 is 0. The van der Waals surface area contributed by atoms with Crippen LogP contribution in [0.15, 0.2) is 122 Å². The van der Waals surface area contributed by atoms with Crippen molar-refractivity contribution in [3.05, 3.63) is 122 Å². The van der Waals surface area contributed by atoms with Gasteiger partial charge in [-0.3, -0.25) is 18.8 Å². The van der Waals surface area contributed by atoms with Crippen LogP contribution in [0.1, 0.15) is 0 Å². The highest BCUT2D eigenvalue weighted by Crippen LogP contribution is 2.37. The number of imidazole rings is 2. The molecule has 0 atom stereocenters. The summed E-state index contributed by atoms with van der Waals surface area (Å²) in [4.78, 5) is 19.6. The van der Waals surface area contributed by atoms with E-state index in [2.05, 4.69) is 57.3 Å². The second-order valence-corrected chi connectivity index (χ2v) is 10.8. The fourth-order valence-electron chi connectivity index (χ4n) is 6.56. The van der Waals surface area contributed by atoms with Gasteiger partial charge in [-0.15, -0.1) is 0 Å². The van der Waals surface area contributed by atoms with Crippen molar-refractivity contribution < 1.29 is 4.74 Å².